The van der Waals surface area contributed by atoms with Crippen LogP contribution in [0.3, 0.4) is 0 Å². The highest BCUT2D eigenvalue weighted by molar-refractivity contribution is 6.20. The van der Waals surface area contributed by atoms with Gasteiger partial charge in [-0.25, -0.2) is 4.99 Å². The zero-order chi connectivity index (χ0) is 44.9. The molecular formula is C61H64N2. The van der Waals surface area contributed by atoms with Crippen LogP contribution in [0, 0.1) is 0 Å². The van der Waals surface area contributed by atoms with Crippen molar-refractivity contribution in [3.8, 4) is 33.5 Å². The molecule has 0 atom stereocenters. The third kappa shape index (κ3) is 9.28. The Kier molecular flexibility index (Phi) is 11.3. The van der Waals surface area contributed by atoms with Gasteiger partial charge < -0.3 is 4.98 Å². The molecule has 2 heteroatoms. The van der Waals surface area contributed by atoms with E-state index in [1.54, 1.807) is 0 Å². The lowest BCUT2D eigenvalue weighted by Gasteiger charge is -2.20. The quantitative estimate of drug-likeness (QED) is 0.166. The third-order valence-corrected chi connectivity index (χ3v) is 12.6. The Morgan fingerprint density at radius 2 is 0.794 bits per heavy atom. The van der Waals surface area contributed by atoms with E-state index in [1.165, 1.54) is 33.4 Å². The first-order valence-electron chi connectivity index (χ1n) is 22.6. The smallest absolute Gasteiger partial charge is 0.0815 e. The van der Waals surface area contributed by atoms with Crippen LogP contribution in [0.5, 0.6) is 0 Å². The van der Waals surface area contributed by atoms with Crippen LogP contribution in [-0.4, -0.2) is 10.7 Å². The maximum Gasteiger partial charge on any atom is 0.0815 e. The predicted molar refractivity (Wildman–Crippen MR) is 272 cm³/mol. The van der Waals surface area contributed by atoms with Gasteiger partial charge in [0.05, 0.1) is 17.1 Å². The molecule has 0 radical (unpaired) electrons. The van der Waals surface area contributed by atoms with Crippen molar-refractivity contribution in [2.24, 2.45) is 4.99 Å². The van der Waals surface area contributed by atoms with Crippen molar-refractivity contribution < 1.29 is 0 Å². The summed E-state index contributed by atoms with van der Waals surface area (Å²) in [6, 6.07) is 58.4. The molecule has 0 saturated carbocycles. The van der Waals surface area contributed by atoms with E-state index < -0.39 is 0 Å². The molecule has 63 heavy (non-hydrogen) atoms. The topological polar surface area (TPSA) is 28.1 Å². The predicted octanol–water partition coefficient (Wildman–Crippen LogP) is 16.6. The molecule has 1 aromatic heterocycles. The molecule has 2 nitrogen and oxygen atoms in total. The second-order valence-electron chi connectivity index (χ2n) is 21.5. The van der Waals surface area contributed by atoms with Gasteiger partial charge in [-0.2, -0.15) is 0 Å². The lowest BCUT2D eigenvalue weighted by molar-refractivity contribution is 0.590. The van der Waals surface area contributed by atoms with Crippen LogP contribution in [0.2, 0.25) is 0 Å². The van der Waals surface area contributed by atoms with Crippen LogP contribution in [0.25, 0.3) is 44.7 Å². The van der Waals surface area contributed by atoms with Crippen LogP contribution < -0.4 is 0 Å². The lowest BCUT2D eigenvalue weighted by Crippen LogP contribution is -2.11. The van der Waals surface area contributed by atoms with Gasteiger partial charge >= 0.3 is 0 Å². The van der Waals surface area contributed by atoms with Crippen molar-refractivity contribution >= 4 is 16.9 Å². The van der Waals surface area contributed by atoms with Crippen molar-refractivity contribution in [1.82, 2.24) is 4.98 Å². The number of H-pyrrole nitrogens is 1. The summed E-state index contributed by atoms with van der Waals surface area (Å²) in [5.41, 5.74) is 20.7. The van der Waals surface area contributed by atoms with Crippen LogP contribution in [0.15, 0.2) is 174 Å². The largest absolute Gasteiger partial charge is 0.354 e. The Labute approximate surface area is 377 Å². The Hall–Kier alpha value is -6.25. The molecule has 1 aliphatic rings. The molecule has 0 amide bonds. The number of rotatable bonds is 7. The standard InChI is InChI=1S/C61H64N2/c1-58(2,3)47-30-22-42(23-31-47)51-38-53(44-26-34-49(35-27-44)60(7,8)9)62-56(51)55(46-20-18-41(19-21-46)40-16-14-13-15-17-40)57-52(43-24-32-48(33-25-43)59(4,5)6)39-54(63-57)45-28-36-50(37-29-45)61(10,11)12/h13-39,62H,1-12H3/b57-55-. The van der Waals surface area contributed by atoms with E-state index in [0.29, 0.717) is 0 Å². The van der Waals surface area contributed by atoms with Gasteiger partial charge in [0.15, 0.2) is 0 Å². The lowest BCUT2D eigenvalue weighted by atomic mass is 9.85. The number of allylic oxidation sites excluding steroid dienone is 2. The monoisotopic (exact) mass is 825 g/mol. The first-order chi connectivity index (χ1) is 29.7. The first-order valence-corrected chi connectivity index (χ1v) is 22.6. The highest BCUT2D eigenvalue weighted by Gasteiger charge is 2.28. The molecule has 0 aliphatic carbocycles. The zero-order valence-electron chi connectivity index (χ0n) is 39.5. The Morgan fingerprint density at radius 3 is 1.25 bits per heavy atom. The van der Waals surface area contributed by atoms with Gasteiger partial charge in [0.2, 0.25) is 0 Å². The van der Waals surface area contributed by atoms with Crippen molar-refractivity contribution in [2.75, 3.05) is 0 Å². The normalized spacial score (nSPS) is 14.4. The molecule has 1 aliphatic heterocycles. The number of aromatic nitrogens is 1. The van der Waals surface area contributed by atoms with E-state index in [9.17, 15) is 0 Å². The van der Waals surface area contributed by atoms with Crippen LogP contribution in [0.4, 0.5) is 0 Å². The molecule has 2 heterocycles. The van der Waals surface area contributed by atoms with Crippen molar-refractivity contribution in [3.05, 3.63) is 214 Å². The number of hydrogen-bond acceptors (Lipinski definition) is 1. The second-order valence-corrected chi connectivity index (χ2v) is 21.5. The van der Waals surface area contributed by atoms with Crippen LogP contribution >= 0.6 is 0 Å². The van der Waals surface area contributed by atoms with Gasteiger partial charge in [-0.15, -0.1) is 0 Å². The van der Waals surface area contributed by atoms with Gasteiger partial charge in [0.25, 0.3) is 0 Å². The fourth-order valence-corrected chi connectivity index (χ4v) is 8.46. The number of nitrogens with one attached hydrogen (secondary N) is 1. The Morgan fingerprint density at radius 1 is 0.397 bits per heavy atom. The molecule has 1 N–H and O–H groups in total. The van der Waals surface area contributed by atoms with Gasteiger partial charge in [0.1, 0.15) is 0 Å². The molecule has 0 bridgehead atoms. The molecule has 7 aromatic rings. The van der Waals surface area contributed by atoms with Gasteiger partial charge in [-0.1, -0.05) is 235 Å². The summed E-state index contributed by atoms with van der Waals surface area (Å²) in [6.07, 6.45) is 2.30. The summed E-state index contributed by atoms with van der Waals surface area (Å²) in [6.45, 7) is 27.3. The highest BCUT2D eigenvalue weighted by atomic mass is 14.8. The van der Waals surface area contributed by atoms with E-state index in [-0.39, 0.29) is 21.7 Å². The van der Waals surface area contributed by atoms with Crippen LogP contribution in [0.1, 0.15) is 128 Å². The van der Waals surface area contributed by atoms with E-state index in [4.69, 9.17) is 4.99 Å². The van der Waals surface area contributed by atoms with Gasteiger partial charge in [-0.05, 0) is 89.4 Å². The van der Waals surface area contributed by atoms with E-state index >= 15 is 0 Å². The number of aromatic amines is 1. The minimum absolute atomic E-state index is 0.0343. The maximum absolute atomic E-state index is 5.70. The van der Waals surface area contributed by atoms with E-state index in [2.05, 4.69) is 252 Å². The van der Waals surface area contributed by atoms with Crippen molar-refractivity contribution in [3.63, 3.8) is 0 Å². The molecule has 0 unspecified atom stereocenters. The summed E-state index contributed by atoms with van der Waals surface area (Å²) >= 11 is 0. The fraction of sp³-hybridized carbons (Fsp3) is 0.262. The fourth-order valence-electron chi connectivity index (χ4n) is 8.46. The highest BCUT2D eigenvalue weighted by Crippen LogP contribution is 2.45. The molecule has 318 valence electrons. The average molecular weight is 825 g/mol. The summed E-state index contributed by atoms with van der Waals surface area (Å²) in [5, 5.41) is 0. The maximum atomic E-state index is 5.70. The minimum Gasteiger partial charge on any atom is -0.354 e. The molecule has 6 aromatic carbocycles. The average Bonchev–Trinajstić information content (AvgIpc) is 3.89. The van der Waals surface area contributed by atoms with E-state index in [0.717, 1.165) is 67.3 Å². The van der Waals surface area contributed by atoms with Crippen molar-refractivity contribution in [1.29, 1.82) is 0 Å². The third-order valence-electron chi connectivity index (χ3n) is 12.6. The number of aliphatic imine (C=N–C) groups is 1. The molecule has 0 spiro atoms. The molecule has 0 saturated heterocycles. The second kappa shape index (κ2) is 16.5. The zero-order valence-corrected chi connectivity index (χ0v) is 39.5. The summed E-state index contributed by atoms with van der Waals surface area (Å²) in [7, 11) is 0. The molecular weight excluding hydrogens is 761 g/mol. The number of benzene rings is 6. The van der Waals surface area contributed by atoms with Gasteiger partial charge in [0, 0.05) is 28.0 Å². The van der Waals surface area contributed by atoms with Gasteiger partial charge in [-0.3, -0.25) is 0 Å². The SMILES string of the molecule is CC(C)(C)c1ccc(C2=CC(c3ccc(C(C)(C)C)cc3)=N/C2=C(/c2ccc(-c3ccccc3)cc2)c2[nH]c(-c3ccc(C(C)(C)C)cc3)cc2-c2ccc(C(C)(C)C)cc2)cc1. The van der Waals surface area contributed by atoms with E-state index in [1.807, 2.05) is 0 Å². The number of nitrogens with zero attached hydrogens (tertiary/aromatic N) is 1. The molecule has 0 fully saturated rings. The van der Waals surface area contributed by atoms with Crippen molar-refractivity contribution in [2.45, 2.75) is 105 Å². The molecule has 8 rings (SSSR count). The van der Waals surface area contributed by atoms with Crippen LogP contribution in [-0.2, 0) is 21.7 Å². The Balaban J connectivity index is 1.42. The number of hydrogen-bond donors (Lipinski definition) is 1. The first kappa shape index (κ1) is 43.4. The summed E-state index contributed by atoms with van der Waals surface area (Å²) in [4.78, 5) is 9.75. The Bertz CT molecular complexity index is 2810. The minimum atomic E-state index is 0.0343. The summed E-state index contributed by atoms with van der Waals surface area (Å²) < 4.78 is 0. The summed E-state index contributed by atoms with van der Waals surface area (Å²) in [5.74, 6) is 0.